The van der Waals surface area contributed by atoms with E-state index < -0.39 is 0 Å². The van der Waals surface area contributed by atoms with E-state index in [-0.39, 0.29) is 5.56 Å². The molecule has 1 aromatic carbocycles. The Morgan fingerprint density at radius 2 is 1.97 bits per heavy atom. The molecule has 3 heterocycles. The van der Waals surface area contributed by atoms with Gasteiger partial charge in [-0.15, -0.1) is 0 Å². The van der Waals surface area contributed by atoms with Gasteiger partial charge < -0.3 is 14.2 Å². The minimum atomic E-state index is -0.0191. The van der Waals surface area contributed by atoms with Gasteiger partial charge >= 0.3 is 0 Å². The lowest BCUT2D eigenvalue weighted by atomic mass is 9.96. The van der Waals surface area contributed by atoms with Crippen LogP contribution in [0.15, 0.2) is 33.8 Å². The SMILES string of the molecule is COCCn1cnc2cc(N3CCN(Cc4noc5c4CCCC5)CC3)ccc2c1=O. The quantitative estimate of drug-likeness (QED) is 0.602. The second-order valence-electron chi connectivity index (χ2n) is 8.44. The molecule has 0 radical (unpaired) electrons. The van der Waals surface area contributed by atoms with Gasteiger partial charge in [-0.2, -0.15) is 0 Å². The van der Waals surface area contributed by atoms with E-state index in [4.69, 9.17) is 9.26 Å². The van der Waals surface area contributed by atoms with Crippen molar-refractivity contribution in [3.8, 4) is 0 Å². The number of rotatable bonds is 6. The summed E-state index contributed by atoms with van der Waals surface area (Å²) in [5.74, 6) is 1.10. The molecule has 1 saturated heterocycles. The van der Waals surface area contributed by atoms with E-state index in [1.165, 1.54) is 18.4 Å². The minimum absolute atomic E-state index is 0.0191. The first-order valence-electron chi connectivity index (χ1n) is 11.1. The van der Waals surface area contributed by atoms with Crippen molar-refractivity contribution in [2.45, 2.75) is 38.8 Å². The van der Waals surface area contributed by atoms with Gasteiger partial charge in [-0.1, -0.05) is 5.16 Å². The van der Waals surface area contributed by atoms with E-state index in [2.05, 4.69) is 19.9 Å². The zero-order chi connectivity index (χ0) is 21.2. The van der Waals surface area contributed by atoms with Gasteiger partial charge in [0.25, 0.3) is 5.56 Å². The number of ether oxygens (including phenoxy) is 1. The van der Waals surface area contributed by atoms with Gasteiger partial charge in [-0.05, 0) is 37.5 Å². The summed E-state index contributed by atoms with van der Waals surface area (Å²) in [5, 5.41) is 5.01. The van der Waals surface area contributed by atoms with Crippen molar-refractivity contribution < 1.29 is 9.26 Å². The monoisotopic (exact) mass is 423 g/mol. The summed E-state index contributed by atoms with van der Waals surface area (Å²) in [6.45, 7) is 5.71. The van der Waals surface area contributed by atoms with Crippen molar-refractivity contribution in [1.29, 1.82) is 0 Å². The third-order valence-corrected chi connectivity index (χ3v) is 6.49. The number of aromatic nitrogens is 3. The fourth-order valence-electron chi connectivity index (χ4n) is 4.64. The van der Waals surface area contributed by atoms with Crippen molar-refractivity contribution >= 4 is 16.6 Å². The molecule has 1 fully saturated rings. The second kappa shape index (κ2) is 8.80. The fraction of sp³-hybridized carbons (Fsp3) is 0.522. The summed E-state index contributed by atoms with van der Waals surface area (Å²) in [6, 6.07) is 5.97. The van der Waals surface area contributed by atoms with Crippen LogP contribution in [0.3, 0.4) is 0 Å². The van der Waals surface area contributed by atoms with Crippen LogP contribution in [0, 0.1) is 0 Å². The first-order chi connectivity index (χ1) is 15.2. The summed E-state index contributed by atoms with van der Waals surface area (Å²) in [5.41, 5.74) is 4.32. The maximum absolute atomic E-state index is 12.7. The van der Waals surface area contributed by atoms with Crippen molar-refractivity contribution in [3.63, 3.8) is 0 Å². The molecule has 164 valence electrons. The molecular formula is C23H29N5O3. The number of anilines is 1. The van der Waals surface area contributed by atoms with Gasteiger partial charge in [0.05, 0.1) is 30.4 Å². The van der Waals surface area contributed by atoms with Gasteiger partial charge in [0.1, 0.15) is 11.5 Å². The highest BCUT2D eigenvalue weighted by atomic mass is 16.5. The van der Waals surface area contributed by atoms with Crippen LogP contribution in [0.1, 0.15) is 29.9 Å². The highest BCUT2D eigenvalue weighted by Gasteiger charge is 2.23. The standard InChI is InChI=1S/C23H29N5O3/c1-30-13-12-28-16-24-20-14-17(6-7-19(20)23(28)29)27-10-8-26(9-11-27)15-21-18-4-2-3-5-22(18)31-25-21/h6-7,14,16H,2-5,8-13,15H2,1H3. The molecule has 1 aliphatic heterocycles. The van der Waals surface area contributed by atoms with Gasteiger partial charge in [0.2, 0.25) is 0 Å². The first kappa shape index (κ1) is 20.2. The van der Waals surface area contributed by atoms with E-state index in [0.29, 0.717) is 18.5 Å². The Morgan fingerprint density at radius 3 is 2.81 bits per heavy atom. The van der Waals surface area contributed by atoms with Crippen LogP contribution in [0.25, 0.3) is 10.9 Å². The highest BCUT2D eigenvalue weighted by molar-refractivity contribution is 5.81. The Morgan fingerprint density at radius 1 is 1.13 bits per heavy atom. The Labute approximate surface area is 181 Å². The largest absolute Gasteiger partial charge is 0.383 e. The summed E-state index contributed by atoms with van der Waals surface area (Å²) in [7, 11) is 1.63. The van der Waals surface area contributed by atoms with Gasteiger partial charge in [-0.25, -0.2) is 4.98 Å². The second-order valence-corrected chi connectivity index (χ2v) is 8.44. The molecule has 8 heteroatoms. The van der Waals surface area contributed by atoms with Crippen LogP contribution in [-0.4, -0.2) is 59.5 Å². The number of aryl methyl sites for hydroxylation is 1. The average Bonchev–Trinajstić information content (AvgIpc) is 3.22. The summed E-state index contributed by atoms with van der Waals surface area (Å²) in [6.07, 6.45) is 6.20. The van der Waals surface area contributed by atoms with Gasteiger partial charge in [0.15, 0.2) is 0 Å². The smallest absolute Gasteiger partial charge is 0.261 e. The molecule has 0 saturated carbocycles. The van der Waals surface area contributed by atoms with E-state index in [1.54, 1.807) is 18.0 Å². The van der Waals surface area contributed by atoms with E-state index in [9.17, 15) is 4.79 Å². The van der Waals surface area contributed by atoms with Gasteiger partial charge in [0, 0.05) is 57.5 Å². The first-order valence-corrected chi connectivity index (χ1v) is 11.1. The van der Waals surface area contributed by atoms with Crippen LogP contribution in [0.5, 0.6) is 0 Å². The van der Waals surface area contributed by atoms with E-state index in [0.717, 1.165) is 68.2 Å². The number of piperazine rings is 1. The molecular weight excluding hydrogens is 394 g/mol. The number of benzene rings is 1. The topological polar surface area (TPSA) is 76.6 Å². The van der Waals surface area contributed by atoms with Crippen molar-refractivity contribution in [2.75, 3.05) is 44.8 Å². The minimum Gasteiger partial charge on any atom is -0.383 e. The Hall–Kier alpha value is -2.71. The molecule has 0 bridgehead atoms. The molecule has 8 nitrogen and oxygen atoms in total. The predicted molar refractivity (Wildman–Crippen MR) is 119 cm³/mol. The zero-order valence-electron chi connectivity index (χ0n) is 18.0. The van der Waals surface area contributed by atoms with Crippen molar-refractivity contribution in [1.82, 2.24) is 19.6 Å². The summed E-state index contributed by atoms with van der Waals surface area (Å²) >= 11 is 0. The van der Waals surface area contributed by atoms with E-state index >= 15 is 0 Å². The predicted octanol–water partition coefficient (Wildman–Crippen LogP) is 2.23. The van der Waals surface area contributed by atoms with Gasteiger partial charge in [-0.3, -0.25) is 14.3 Å². The molecule has 3 aromatic rings. The molecule has 0 N–H and O–H groups in total. The van der Waals surface area contributed by atoms with Crippen LogP contribution in [-0.2, 0) is 30.7 Å². The van der Waals surface area contributed by atoms with Crippen molar-refractivity contribution in [2.24, 2.45) is 0 Å². The lowest BCUT2D eigenvalue weighted by molar-refractivity contribution is 0.186. The normalized spacial score (nSPS) is 17.3. The number of methoxy groups -OCH3 is 1. The fourth-order valence-corrected chi connectivity index (χ4v) is 4.64. The third kappa shape index (κ3) is 4.09. The number of fused-ring (bicyclic) bond motifs is 2. The lowest BCUT2D eigenvalue weighted by Crippen LogP contribution is -2.46. The van der Waals surface area contributed by atoms with Crippen LogP contribution >= 0.6 is 0 Å². The number of hydrogen-bond acceptors (Lipinski definition) is 7. The maximum Gasteiger partial charge on any atom is 0.261 e. The third-order valence-electron chi connectivity index (χ3n) is 6.49. The average molecular weight is 424 g/mol. The number of nitrogens with zero attached hydrogens (tertiary/aromatic N) is 5. The number of hydrogen-bond donors (Lipinski definition) is 0. The maximum atomic E-state index is 12.7. The zero-order valence-corrected chi connectivity index (χ0v) is 18.0. The van der Waals surface area contributed by atoms with Crippen LogP contribution < -0.4 is 10.5 Å². The highest BCUT2D eigenvalue weighted by Crippen LogP contribution is 2.26. The molecule has 2 aliphatic rings. The Bertz CT molecular complexity index is 1110. The summed E-state index contributed by atoms with van der Waals surface area (Å²) in [4.78, 5) is 22.0. The molecule has 0 atom stereocenters. The molecule has 2 aromatic heterocycles. The molecule has 31 heavy (non-hydrogen) atoms. The van der Waals surface area contributed by atoms with Crippen LogP contribution in [0.2, 0.25) is 0 Å². The molecule has 0 unspecified atom stereocenters. The molecule has 1 aliphatic carbocycles. The van der Waals surface area contributed by atoms with E-state index in [1.807, 2.05) is 18.2 Å². The summed E-state index contributed by atoms with van der Waals surface area (Å²) < 4.78 is 12.2. The van der Waals surface area contributed by atoms with Crippen LogP contribution in [0.4, 0.5) is 5.69 Å². The Kier molecular flexibility index (Phi) is 5.74. The van der Waals surface area contributed by atoms with Crippen molar-refractivity contribution in [3.05, 3.63) is 51.9 Å². The molecule has 0 spiro atoms. The molecule has 0 amide bonds. The lowest BCUT2D eigenvalue weighted by Gasteiger charge is -2.36. The Balaban J connectivity index is 1.25. The molecule has 5 rings (SSSR count).